The van der Waals surface area contributed by atoms with Gasteiger partial charge in [0.2, 0.25) is 0 Å². The van der Waals surface area contributed by atoms with E-state index in [-0.39, 0.29) is 5.91 Å². The second kappa shape index (κ2) is 5.75. The number of nitrogens with two attached hydrogens (primary N) is 1. The van der Waals surface area contributed by atoms with Crippen molar-refractivity contribution in [3.05, 3.63) is 47.7 Å². The van der Waals surface area contributed by atoms with Gasteiger partial charge in [-0.3, -0.25) is 10.2 Å². The molecule has 0 saturated heterocycles. The van der Waals surface area contributed by atoms with Crippen LogP contribution >= 0.6 is 0 Å². The largest absolute Gasteiger partial charge is 0.469 e. The van der Waals surface area contributed by atoms with Crippen molar-refractivity contribution in [3.8, 4) is 0 Å². The summed E-state index contributed by atoms with van der Waals surface area (Å²) in [6.45, 7) is 4.99. The van der Waals surface area contributed by atoms with Crippen LogP contribution in [0.1, 0.15) is 35.8 Å². The average Bonchev–Trinajstić information content (AvgIpc) is 3.00. The number of amides is 1. The first-order valence-corrected chi connectivity index (χ1v) is 6.33. The van der Waals surface area contributed by atoms with Gasteiger partial charge in [0, 0.05) is 18.7 Å². The van der Waals surface area contributed by atoms with Crippen LogP contribution in [0.15, 0.2) is 34.9 Å². The predicted octanol–water partition coefficient (Wildman–Crippen LogP) is 1.93. The van der Waals surface area contributed by atoms with Gasteiger partial charge in [0.1, 0.15) is 11.5 Å². The molecule has 0 unspecified atom stereocenters. The third-order valence-corrected chi connectivity index (χ3v) is 2.92. The molecule has 2 aromatic heterocycles. The summed E-state index contributed by atoms with van der Waals surface area (Å²) in [6.07, 6.45) is 2.32. The molecule has 0 aliphatic rings. The highest BCUT2D eigenvalue weighted by Crippen LogP contribution is 2.16. The van der Waals surface area contributed by atoms with Crippen LogP contribution in [0, 0.1) is 5.92 Å². The summed E-state index contributed by atoms with van der Waals surface area (Å²) in [5, 5.41) is 0. The number of hydrogen-bond donors (Lipinski definition) is 2. The Morgan fingerprint density at radius 3 is 2.79 bits per heavy atom. The average molecular weight is 261 g/mol. The number of nitrogen functional groups attached to an aromatic ring is 1. The standard InChI is InChI=1S/C14H19N3O2/c1-10(2)9-17-11(8-12-4-3-7-19-12)5-6-13(17)14(18)16-15/h3-7,10H,8-9,15H2,1-2H3,(H,16,18). The lowest BCUT2D eigenvalue weighted by Crippen LogP contribution is -2.32. The molecule has 0 aliphatic heterocycles. The maximum Gasteiger partial charge on any atom is 0.281 e. The Kier molecular flexibility index (Phi) is 4.06. The van der Waals surface area contributed by atoms with Gasteiger partial charge in [-0.05, 0) is 30.2 Å². The van der Waals surface area contributed by atoms with E-state index >= 15 is 0 Å². The van der Waals surface area contributed by atoms with Crippen molar-refractivity contribution in [1.82, 2.24) is 9.99 Å². The fourth-order valence-corrected chi connectivity index (χ4v) is 2.11. The summed E-state index contributed by atoms with van der Waals surface area (Å²) in [4.78, 5) is 11.8. The van der Waals surface area contributed by atoms with Gasteiger partial charge < -0.3 is 8.98 Å². The van der Waals surface area contributed by atoms with Crippen LogP contribution in [0.3, 0.4) is 0 Å². The minimum Gasteiger partial charge on any atom is -0.469 e. The van der Waals surface area contributed by atoms with Crippen LogP contribution < -0.4 is 11.3 Å². The number of hydrazine groups is 1. The monoisotopic (exact) mass is 261 g/mol. The molecule has 2 heterocycles. The zero-order valence-corrected chi connectivity index (χ0v) is 11.2. The van der Waals surface area contributed by atoms with Gasteiger partial charge in [0.15, 0.2) is 0 Å². The molecule has 2 rings (SSSR count). The number of rotatable bonds is 5. The minimum absolute atomic E-state index is 0.272. The second-order valence-electron chi connectivity index (χ2n) is 4.94. The van der Waals surface area contributed by atoms with Crippen molar-refractivity contribution in [2.24, 2.45) is 11.8 Å². The van der Waals surface area contributed by atoms with Crippen LogP contribution in [0.5, 0.6) is 0 Å². The number of aromatic nitrogens is 1. The highest BCUT2D eigenvalue weighted by Gasteiger charge is 2.15. The third-order valence-electron chi connectivity index (χ3n) is 2.92. The third kappa shape index (κ3) is 3.06. The summed E-state index contributed by atoms with van der Waals surface area (Å²) in [7, 11) is 0. The molecule has 0 fully saturated rings. The van der Waals surface area contributed by atoms with Crippen LogP contribution in [-0.4, -0.2) is 10.5 Å². The summed E-state index contributed by atoms with van der Waals surface area (Å²) in [6, 6.07) is 7.52. The molecule has 0 radical (unpaired) electrons. The van der Waals surface area contributed by atoms with Crippen molar-refractivity contribution in [3.63, 3.8) is 0 Å². The molecule has 0 bridgehead atoms. The van der Waals surface area contributed by atoms with E-state index in [2.05, 4.69) is 19.3 Å². The number of furan rings is 1. The molecule has 5 nitrogen and oxygen atoms in total. The smallest absolute Gasteiger partial charge is 0.281 e. The molecule has 2 aromatic rings. The molecule has 0 saturated carbocycles. The summed E-state index contributed by atoms with van der Waals surface area (Å²) in [5.74, 6) is 6.26. The van der Waals surface area contributed by atoms with Crippen molar-refractivity contribution in [2.75, 3.05) is 0 Å². The fraction of sp³-hybridized carbons (Fsp3) is 0.357. The molecule has 3 N–H and O–H groups in total. The quantitative estimate of drug-likeness (QED) is 0.490. The molecule has 0 aromatic carbocycles. The molecule has 0 aliphatic carbocycles. The Hall–Kier alpha value is -2.01. The number of carbonyl (C=O) groups is 1. The lowest BCUT2D eigenvalue weighted by Gasteiger charge is -2.14. The first kappa shape index (κ1) is 13.4. The summed E-state index contributed by atoms with van der Waals surface area (Å²) >= 11 is 0. The summed E-state index contributed by atoms with van der Waals surface area (Å²) < 4.78 is 7.35. The topological polar surface area (TPSA) is 73.2 Å². The number of hydrogen-bond acceptors (Lipinski definition) is 3. The van der Waals surface area contributed by atoms with E-state index in [0.717, 1.165) is 18.0 Å². The molecule has 19 heavy (non-hydrogen) atoms. The Morgan fingerprint density at radius 1 is 1.42 bits per heavy atom. The zero-order chi connectivity index (χ0) is 13.8. The van der Waals surface area contributed by atoms with Crippen LogP contribution in [0.25, 0.3) is 0 Å². The van der Waals surface area contributed by atoms with E-state index in [4.69, 9.17) is 10.3 Å². The Balaban J connectivity index is 2.32. The maximum atomic E-state index is 11.8. The van der Waals surface area contributed by atoms with E-state index in [1.165, 1.54) is 0 Å². The molecular weight excluding hydrogens is 242 g/mol. The molecule has 1 amide bonds. The van der Waals surface area contributed by atoms with Crippen molar-refractivity contribution >= 4 is 5.91 Å². The van der Waals surface area contributed by atoms with E-state index < -0.39 is 0 Å². The number of nitrogens with zero attached hydrogens (tertiary/aromatic N) is 1. The van der Waals surface area contributed by atoms with E-state index in [0.29, 0.717) is 18.0 Å². The Morgan fingerprint density at radius 2 is 2.21 bits per heavy atom. The molecule has 0 spiro atoms. The van der Waals surface area contributed by atoms with Crippen LogP contribution in [0.2, 0.25) is 0 Å². The van der Waals surface area contributed by atoms with Gasteiger partial charge in [0.25, 0.3) is 5.91 Å². The SMILES string of the molecule is CC(C)Cn1c(Cc2ccco2)ccc1C(=O)NN. The van der Waals surface area contributed by atoms with Gasteiger partial charge in [-0.1, -0.05) is 13.8 Å². The van der Waals surface area contributed by atoms with Gasteiger partial charge in [0.05, 0.1) is 6.26 Å². The van der Waals surface area contributed by atoms with Gasteiger partial charge in [-0.15, -0.1) is 0 Å². The normalized spacial score (nSPS) is 10.9. The highest BCUT2D eigenvalue weighted by atomic mass is 16.3. The molecular formula is C14H19N3O2. The second-order valence-corrected chi connectivity index (χ2v) is 4.94. The Bertz CT molecular complexity index is 541. The number of carbonyl (C=O) groups excluding carboxylic acids is 1. The minimum atomic E-state index is -0.272. The van der Waals surface area contributed by atoms with E-state index in [1.807, 2.05) is 22.8 Å². The first-order chi connectivity index (χ1) is 9.11. The predicted molar refractivity (Wildman–Crippen MR) is 72.4 cm³/mol. The molecule has 0 atom stereocenters. The highest BCUT2D eigenvalue weighted by molar-refractivity contribution is 5.92. The Labute approximate surface area is 112 Å². The number of nitrogens with one attached hydrogen (secondary N) is 1. The lowest BCUT2D eigenvalue weighted by molar-refractivity contribution is 0.0943. The maximum absolute atomic E-state index is 11.8. The van der Waals surface area contributed by atoms with Gasteiger partial charge in [-0.25, -0.2) is 5.84 Å². The van der Waals surface area contributed by atoms with Crippen LogP contribution in [-0.2, 0) is 13.0 Å². The molecule has 102 valence electrons. The van der Waals surface area contributed by atoms with E-state index in [1.54, 1.807) is 12.3 Å². The van der Waals surface area contributed by atoms with Crippen LogP contribution in [0.4, 0.5) is 0 Å². The van der Waals surface area contributed by atoms with Gasteiger partial charge >= 0.3 is 0 Å². The fourth-order valence-electron chi connectivity index (χ4n) is 2.11. The lowest BCUT2D eigenvalue weighted by atomic mass is 10.2. The zero-order valence-electron chi connectivity index (χ0n) is 11.2. The van der Waals surface area contributed by atoms with Crippen molar-refractivity contribution in [2.45, 2.75) is 26.8 Å². The van der Waals surface area contributed by atoms with Crippen molar-refractivity contribution < 1.29 is 9.21 Å². The van der Waals surface area contributed by atoms with Crippen molar-refractivity contribution in [1.29, 1.82) is 0 Å². The first-order valence-electron chi connectivity index (χ1n) is 6.33. The van der Waals surface area contributed by atoms with E-state index in [9.17, 15) is 4.79 Å². The van der Waals surface area contributed by atoms with Gasteiger partial charge in [-0.2, -0.15) is 0 Å². The summed E-state index contributed by atoms with van der Waals surface area (Å²) in [5.41, 5.74) is 3.81. The molecule has 5 heteroatoms.